The van der Waals surface area contributed by atoms with E-state index >= 15 is 0 Å². The van der Waals surface area contributed by atoms with Gasteiger partial charge in [0.1, 0.15) is 6.33 Å². The van der Waals surface area contributed by atoms with Crippen LogP contribution in [0.3, 0.4) is 0 Å². The molecule has 3 aromatic rings. The monoisotopic (exact) mass is 274 g/mol. The maximum absolute atomic E-state index is 4.29. The first kappa shape index (κ1) is 9.47. The molecule has 0 bridgehead atoms. The van der Waals surface area contributed by atoms with Gasteiger partial charge >= 0.3 is 0 Å². The van der Waals surface area contributed by atoms with Crippen LogP contribution in [0.4, 0.5) is 0 Å². The van der Waals surface area contributed by atoms with Crippen molar-refractivity contribution in [3.63, 3.8) is 0 Å². The summed E-state index contributed by atoms with van der Waals surface area (Å²) >= 11 is 3.45. The van der Waals surface area contributed by atoms with Gasteiger partial charge in [0, 0.05) is 16.1 Å². The number of hydrogen-bond donors (Lipinski definition) is 1. The van der Waals surface area contributed by atoms with Crippen molar-refractivity contribution in [1.82, 2.24) is 20.2 Å². The molecule has 78 valence electrons. The van der Waals surface area contributed by atoms with Crippen LogP contribution in [0.2, 0.25) is 0 Å². The molecule has 0 atom stereocenters. The van der Waals surface area contributed by atoms with Gasteiger partial charge in [-0.3, -0.25) is 5.10 Å². The highest BCUT2D eigenvalue weighted by molar-refractivity contribution is 9.10. The number of H-pyrrole nitrogens is 1. The maximum Gasteiger partial charge on any atom is 0.116 e. The van der Waals surface area contributed by atoms with Crippen LogP contribution in [0, 0.1) is 0 Å². The first-order valence-corrected chi connectivity index (χ1v) is 5.54. The Hall–Kier alpha value is -1.75. The van der Waals surface area contributed by atoms with Gasteiger partial charge in [-0.05, 0) is 24.3 Å². The molecule has 0 radical (unpaired) electrons. The number of rotatable bonds is 1. The molecule has 3 rings (SSSR count). The van der Waals surface area contributed by atoms with Gasteiger partial charge in [-0.2, -0.15) is 5.10 Å². The van der Waals surface area contributed by atoms with Gasteiger partial charge in [-0.25, -0.2) is 9.97 Å². The van der Waals surface area contributed by atoms with Crippen LogP contribution in [0.15, 0.2) is 41.3 Å². The fourth-order valence-corrected chi connectivity index (χ4v) is 1.99. The van der Waals surface area contributed by atoms with E-state index in [0.29, 0.717) is 0 Å². The molecule has 16 heavy (non-hydrogen) atoms. The Morgan fingerprint density at radius 2 is 2.06 bits per heavy atom. The number of hydrogen-bond acceptors (Lipinski definition) is 3. The Bertz CT molecular complexity index is 634. The standard InChI is InChI=1S/C11H7BrN4/c12-7-1-2-9-8(5-7)11(14-6-13-9)10-3-4-15-16-10/h1-6H,(H,15,16). The molecule has 0 unspecified atom stereocenters. The fraction of sp³-hybridized carbons (Fsp3) is 0. The van der Waals surface area contributed by atoms with Crippen molar-refractivity contribution in [2.24, 2.45) is 0 Å². The molecule has 1 aromatic carbocycles. The third-order valence-electron chi connectivity index (χ3n) is 2.35. The normalized spacial score (nSPS) is 10.8. The summed E-state index contributed by atoms with van der Waals surface area (Å²) in [5, 5.41) is 7.84. The van der Waals surface area contributed by atoms with E-state index in [1.807, 2.05) is 24.3 Å². The fourth-order valence-electron chi connectivity index (χ4n) is 1.63. The molecule has 0 aliphatic carbocycles. The van der Waals surface area contributed by atoms with Crippen molar-refractivity contribution < 1.29 is 0 Å². The number of fused-ring (bicyclic) bond motifs is 1. The van der Waals surface area contributed by atoms with Crippen molar-refractivity contribution in [3.8, 4) is 11.4 Å². The second kappa shape index (κ2) is 3.68. The summed E-state index contributed by atoms with van der Waals surface area (Å²) < 4.78 is 1.01. The largest absolute Gasteiger partial charge is 0.276 e. The minimum atomic E-state index is 0.865. The summed E-state index contributed by atoms with van der Waals surface area (Å²) in [4.78, 5) is 8.51. The predicted molar refractivity (Wildman–Crippen MR) is 64.8 cm³/mol. The number of nitrogens with one attached hydrogen (secondary N) is 1. The molecule has 4 nitrogen and oxygen atoms in total. The molecule has 0 amide bonds. The lowest BCUT2D eigenvalue weighted by atomic mass is 10.1. The lowest BCUT2D eigenvalue weighted by Crippen LogP contribution is -1.89. The van der Waals surface area contributed by atoms with E-state index in [1.165, 1.54) is 0 Å². The quantitative estimate of drug-likeness (QED) is 0.743. The summed E-state index contributed by atoms with van der Waals surface area (Å²) in [6, 6.07) is 7.82. The average Bonchev–Trinajstić information content (AvgIpc) is 2.81. The minimum Gasteiger partial charge on any atom is -0.276 e. The molecule has 2 heterocycles. The zero-order valence-corrected chi connectivity index (χ0v) is 9.77. The van der Waals surface area contributed by atoms with Crippen molar-refractivity contribution in [2.75, 3.05) is 0 Å². The van der Waals surface area contributed by atoms with Gasteiger partial charge in [0.15, 0.2) is 0 Å². The molecule has 5 heteroatoms. The van der Waals surface area contributed by atoms with Gasteiger partial charge in [0.25, 0.3) is 0 Å². The number of aromatic nitrogens is 4. The smallest absolute Gasteiger partial charge is 0.116 e. The highest BCUT2D eigenvalue weighted by Crippen LogP contribution is 2.25. The third-order valence-corrected chi connectivity index (χ3v) is 2.85. The number of nitrogens with zero attached hydrogens (tertiary/aromatic N) is 3. The molecule has 2 aromatic heterocycles. The topological polar surface area (TPSA) is 54.5 Å². The van der Waals surface area contributed by atoms with Crippen LogP contribution in [0.25, 0.3) is 22.3 Å². The Morgan fingerprint density at radius 1 is 1.12 bits per heavy atom. The van der Waals surface area contributed by atoms with Gasteiger partial charge in [-0.15, -0.1) is 0 Å². The van der Waals surface area contributed by atoms with Crippen LogP contribution < -0.4 is 0 Å². The van der Waals surface area contributed by atoms with E-state index in [-0.39, 0.29) is 0 Å². The van der Waals surface area contributed by atoms with E-state index in [1.54, 1.807) is 12.5 Å². The van der Waals surface area contributed by atoms with Crippen molar-refractivity contribution >= 4 is 26.8 Å². The number of halogens is 1. The maximum atomic E-state index is 4.29. The predicted octanol–water partition coefficient (Wildman–Crippen LogP) is 2.78. The van der Waals surface area contributed by atoms with E-state index in [9.17, 15) is 0 Å². The first-order chi connectivity index (χ1) is 7.84. The summed E-state index contributed by atoms with van der Waals surface area (Å²) in [6.45, 7) is 0. The third kappa shape index (κ3) is 1.49. The summed E-state index contributed by atoms with van der Waals surface area (Å²) in [5.74, 6) is 0. The van der Waals surface area contributed by atoms with E-state index < -0.39 is 0 Å². The Morgan fingerprint density at radius 3 is 2.88 bits per heavy atom. The molecular formula is C11H7BrN4. The van der Waals surface area contributed by atoms with E-state index in [2.05, 4.69) is 36.1 Å². The summed E-state index contributed by atoms with van der Waals surface area (Å²) in [7, 11) is 0. The first-order valence-electron chi connectivity index (χ1n) is 4.74. The number of aromatic amines is 1. The zero-order valence-electron chi connectivity index (χ0n) is 8.18. The van der Waals surface area contributed by atoms with Crippen LogP contribution >= 0.6 is 15.9 Å². The average molecular weight is 275 g/mol. The Balaban J connectivity index is 2.36. The molecule has 0 saturated carbocycles. The van der Waals surface area contributed by atoms with Crippen LogP contribution in [-0.4, -0.2) is 20.2 Å². The molecule has 0 saturated heterocycles. The summed E-state index contributed by atoms with van der Waals surface area (Å²) in [5.41, 5.74) is 2.68. The highest BCUT2D eigenvalue weighted by atomic mass is 79.9. The second-order valence-corrected chi connectivity index (χ2v) is 4.27. The van der Waals surface area contributed by atoms with Gasteiger partial charge < -0.3 is 0 Å². The Kier molecular flexibility index (Phi) is 2.18. The second-order valence-electron chi connectivity index (χ2n) is 3.35. The zero-order chi connectivity index (χ0) is 11.0. The molecular weight excluding hydrogens is 268 g/mol. The van der Waals surface area contributed by atoms with Crippen molar-refractivity contribution in [2.45, 2.75) is 0 Å². The summed E-state index contributed by atoms with van der Waals surface area (Å²) in [6.07, 6.45) is 3.27. The number of benzene rings is 1. The van der Waals surface area contributed by atoms with Crippen LogP contribution in [-0.2, 0) is 0 Å². The van der Waals surface area contributed by atoms with Crippen molar-refractivity contribution in [3.05, 3.63) is 41.3 Å². The van der Waals surface area contributed by atoms with Crippen molar-refractivity contribution in [1.29, 1.82) is 0 Å². The van der Waals surface area contributed by atoms with Crippen LogP contribution in [0.5, 0.6) is 0 Å². The molecule has 0 aliphatic heterocycles. The molecule has 0 spiro atoms. The lowest BCUT2D eigenvalue weighted by Gasteiger charge is -2.02. The Labute approximate surface area is 99.9 Å². The highest BCUT2D eigenvalue weighted by Gasteiger charge is 2.07. The molecule has 0 fully saturated rings. The lowest BCUT2D eigenvalue weighted by molar-refractivity contribution is 1.08. The van der Waals surface area contributed by atoms with E-state index in [0.717, 1.165) is 26.8 Å². The van der Waals surface area contributed by atoms with Crippen LogP contribution in [0.1, 0.15) is 0 Å². The van der Waals surface area contributed by atoms with Gasteiger partial charge in [-0.1, -0.05) is 15.9 Å². The molecule has 1 N–H and O–H groups in total. The SMILES string of the molecule is Brc1ccc2ncnc(-c3ccn[nH]3)c2c1. The van der Waals surface area contributed by atoms with E-state index in [4.69, 9.17) is 0 Å². The van der Waals surface area contributed by atoms with Gasteiger partial charge in [0.2, 0.25) is 0 Å². The van der Waals surface area contributed by atoms with Gasteiger partial charge in [0.05, 0.1) is 16.9 Å². The minimum absolute atomic E-state index is 0.865. The molecule has 0 aliphatic rings.